The maximum absolute atomic E-state index is 10.4. The highest BCUT2D eigenvalue weighted by atomic mass is 16.3. The lowest BCUT2D eigenvalue weighted by Crippen LogP contribution is -2.43. The van der Waals surface area contributed by atoms with Gasteiger partial charge in [0.25, 0.3) is 0 Å². The van der Waals surface area contributed by atoms with E-state index in [2.05, 4.69) is 13.0 Å². The second-order valence-electron chi connectivity index (χ2n) is 7.44. The number of rotatable bonds is 0. The van der Waals surface area contributed by atoms with Crippen LogP contribution >= 0.6 is 0 Å². The van der Waals surface area contributed by atoms with Gasteiger partial charge in [-0.3, -0.25) is 0 Å². The maximum Gasteiger partial charge on any atom is 0.115 e. The van der Waals surface area contributed by atoms with E-state index < -0.39 is 0 Å². The fraction of sp³-hybridized carbons (Fsp3) is 0.667. The molecule has 0 saturated heterocycles. The van der Waals surface area contributed by atoms with Gasteiger partial charge in [-0.1, -0.05) is 13.0 Å². The minimum atomic E-state index is -0.0883. The van der Waals surface area contributed by atoms with E-state index in [4.69, 9.17) is 0 Å². The Hall–Kier alpha value is -1.02. The first-order valence-corrected chi connectivity index (χ1v) is 8.09. The van der Waals surface area contributed by atoms with Crippen LogP contribution < -0.4 is 0 Å². The molecule has 0 heterocycles. The minimum Gasteiger partial charge on any atom is -0.508 e. The van der Waals surface area contributed by atoms with Crippen LogP contribution in [0.25, 0.3) is 0 Å². The van der Waals surface area contributed by atoms with E-state index in [9.17, 15) is 10.2 Å². The monoisotopic (exact) mass is 272 g/mol. The molecule has 3 aliphatic rings. The lowest BCUT2D eigenvalue weighted by Gasteiger charge is -2.50. The highest BCUT2D eigenvalue weighted by Crippen LogP contribution is 2.60. The summed E-state index contributed by atoms with van der Waals surface area (Å²) in [6.45, 7) is 2.32. The molecule has 0 radical (unpaired) electrons. The van der Waals surface area contributed by atoms with Crippen LogP contribution in [0.5, 0.6) is 5.75 Å². The maximum atomic E-state index is 10.4. The quantitative estimate of drug-likeness (QED) is 0.757. The average Bonchev–Trinajstić information content (AvgIpc) is 2.74. The van der Waals surface area contributed by atoms with Crippen LogP contribution in [0, 0.1) is 17.3 Å². The Kier molecular flexibility index (Phi) is 2.69. The molecule has 3 unspecified atom stereocenters. The average molecular weight is 272 g/mol. The van der Waals surface area contributed by atoms with E-state index >= 15 is 0 Å². The van der Waals surface area contributed by atoms with Gasteiger partial charge in [0, 0.05) is 0 Å². The molecular weight excluding hydrogens is 248 g/mol. The Labute approximate surface area is 120 Å². The molecular formula is C18H24O2. The minimum absolute atomic E-state index is 0.0883. The predicted molar refractivity (Wildman–Crippen MR) is 78.7 cm³/mol. The lowest BCUT2D eigenvalue weighted by molar-refractivity contribution is -0.0226. The molecule has 20 heavy (non-hydrogen) atoms. The van der Waals surface area contributed by atoms with Crippen molar-refractivity contribution < 1.29 is 10.2 Å². The van der Waals surface area contributed by atoms with Crippen molar-refractivity contribution in [3.05, 3.63) is 29.3 Å². The summed E-state index contributed by atoms with van der Waals surface area (Å²) >= 11 is 0. The van der Waals surface area contributed by atoms with Crippen molar-refractivity contribution in [3.8, 4) is 5.75 Å². The summed E-state index contributed by atoms with van der Waals surface area (Å²) in [5.41, 5.74) is 2.99. The Morgan fingerprint density at radius 3 is 2.85 bits per heavy atom. The zero-order chi connectivity index (χ0) is 13.9. The summed E-state index contributed by atoms with van der Waals surface area (Å²) in [4.78, 5) is 0. The zero-order valence-corrected chi connectivity index (χ0v) is 12.2. The molecule has 5 atom stereocenters. The number of phenolic OH excluding ortho intramolecular Hbond substituents is 1. The number of aromatic hydroxyl groups is 1. The van der Waals surface area contributed by atoms with Crippen molar-refractivity contribution >= 4 is 0 Å². The van der Waals surface area contributed by atoms with Gasteiger partial charge in [0.05, 0.1) is 6.10 Å². The van der Waals surface area contributed by atoms with Gasteiger partial charge in [0.2, 0.25) is 0 Å². The fourth-order valence-corrected chi connectivity index (χ4v) is 5.54. The van der Waals surface area contributed by atoms with Crippen molar-refractivity contribution in [2.24, 2.45) is 17.3 Å². The van der Waals surface area contributed by atoms with Gasteiger partial charge in [0.1, 0.15) is 5.75 Å². The van der Waals surface area contributed by atoms with Crippen LogP contribution in [0.15, 0.2) is 18.2 Å². The number of phenols is 1. The number of hydrogen-bond acceptors (Lipinski definition) is 2. The normalized spacial score (nSPS) is 42.7. The van der Waals surface area contributed by atoms with Crippen LogP contribution in [0.4, 0.5) is 0 Å². The summed E-state index contributed by atoms with van der Waals surface area (Å²) in [5.74, 6) is 2.49. The van der Waals surface area contributed by atoms with Crippen molar-refractivity contribution in [1.82, 2.24) is 0 Å². The summed E-state index contributed by atoms with van der Waals surface area (Å²) in [5, 5.41) is 20.0. The number of aliphatic hydroxyl groups excluding tert-OH is 1. The molecule has 0 aliphatic heterocycles. The van der Waals surface area contributed by atoms with Crippen molar-refractivity contribution in [2.45, 2.75) is 57.5 Å². The third-order valence-corrected chi connectivity index (χ3v) is 6.66. The van der Waals surface area contributed by atoms with Gasteiger partial charge in [-0.05, 0) is 85.0 Å². The Morgan fingerprint density at radius 1 is 1.15 bits per heavy atom. The molecule has 0 spiro atoms. The summed E-state index contributed by atoms with van der Waals surface area (Å²) < 4.78 is 0. The van der Waals surface area contributed by atoms with Gasteiger partial charge in [-0.2, -0.15) is 0 Å². The summed E-state index contributed by atoms with van der Waals surface area (Å²) in [6.07, 6.45) is 6.78. The highest BCUT2D eigenvalue weighted by Gasteiger charge is 2.54. The highest BCUT2D eigenvalue weighted by molar-refractivity contribution is 5.40. The molecule has 3 aliphatic carbocycles. The molecule has 4 rings (SSSR count). The van der Waals surface area contributed by atoms with Gasteiger partial charge in [-0.25, -0.2) is 0 Å². The molecule has 2 fully saturated rings. The van der Waals surface area contributed by atoms with E-state index in [0.29, 0.717) is 17.6 Å². The van der Waals surface area contributed by atoms with Crippen LogP contribution in [-0.2, 0) is 6.42 Å². The number of aryl methyl sites for hydroxylation is 1. The van der Waals surface area contributed by atoms with Crippen LogP contribution in [-0.4, -0.2) is 16.3 Å². The molecule has 2 N–H and O–H groups in total. The lowest BCUT2D eigenvalue weighted by atomic mass is 9.55. The molecule has 2 heteroatoms. The standard InChI is InChI=1S/C18H24O2/c1-18-9-8-14-13-5-3-12(19)10-11(13)2-4-15(14)16(18)6-7-17(18)20/h3,5,10,14-17,19-20H,2,4,6-9H2,1H3/t14-,15?,16+,17?,18?/m1/s1. The van der Waals surface area contributed by atoms with E-state index in [1.54, 1.807) is 0 Å². The molecule has 108 valence electrons. The Bertz CT molecular complexity index is 538. The van der Waals surface area contributed by atoms with Gasteiger partial charge < -0.3 is 10.2 Å². The Morgan fingerprint density at radius 2 is 2.00 bits per heavy atom. The van der Waals surface area contributed by atoms with E-state index in [-0.39, 0.29) is 11.5 Å². The molecule has 1 aromatic rings. The first-order valence-electron chi connectivity index (χ1n) is 8.09. The topological polar surface area (TPSA) is 40.5 Å². The van der Waals surface area contributed by atoms with Crippen molar-refractivity contribution in [2.75, 3.05) is 0 Å². The van der Waals surface area contributed by atoms with E-state index in [1.165, 1.54) is 30.4 Å². The van der Waals surface area contributed by atoms with Crippen molar-refractivity contribution in [3.63, 3.8) is 0 Å². The number of hydrogen-bond donors (Lipinski definition) is 2. The molecule has 2 nitrogen and oxygen atoms in total. The number of aliphatic hydroxyl groups is 1. The van der Waals surface area contributed by atoms with E-state index in [0.717, 1.165) is 25.2 Å². The first kappa shape index (κ1) is 12.7. The smallest absolute Gasteiger partial charge is 0.115 e. The molecule has 0 bridgehead atoms. The predicted octanol–water partition coefficient (Wildman–Crippen LogP) is 3.61. The largest absolute Gasteiger partial charge is 0.508 e. The third-order valence-electron chi connectivity index (χ3n) is 6.66. The summed E-state index contributed by atoms with van der Waals surface area (Å²) in [6, 6.07) is 5.96. The first-order chi connectivity index (χ1) is 9.59. The number of benzene rings is 1. The molecule has 1 aromatic carbocycles. The Balaban J connectivity index is 1.71. The van der Waals surface area contributed by atoms with E-state index in [1.807, 2.05) is 12.1 Å². The number of fused-ring (bicyclic) bond motifs is 5. The van der Waals surface area contributed by atoms with Gasteiger partial charge in [-0.15, -0.1) is 0 Å². The van der Waals surface area contributed by atoms with Gasteiger partial charge in [0.15, 0.2) is 0 Å². The molecule has 0 aromatic heterocycles. The fourth-order valence-electron chi connectivity index (χ4n) is 5.54. The second-order valence-corrected chi connectivity index (χ2v) is 7.44. The van der Waals surface area contributed by atoms with Crippen molar-refractivity contribution in [1.29, 1.82) is 0 Å². The van der Waals surface area contributed by atoms with Crippen LogP contribution in [0.2, 0.25) is 0 Å². The second kappa shape index (κ2) is 4.24. The molecule has 2 saturated carbocycles. The van der Waals surface area contributed by atoms with Crippen LogP contribution in [0.3, 0.4) is 0 Å². The summed E-state index contributed by atoms with van der Waals surface area (Å²) in [7, 11) is 0. The van der Waals surface area contributed by atoms with Gasteiger partial charge >= 0.3 is 0 Å². The third kappa shape index (κ3) is 1.60. The van der Waals surface area contributed by atoms with Crippen LogP contribution in [0.1, 0.15) is 56.1 Å². The SMILES string of the molecule is CC12CC[C@@H]3c4ccc(O)cc4CCC3[C@@H]1CCC2O. The molecule has 0 amide bonds. The zero-order valence-electron chi connectivity index (χ0n) is 12.2.